The minimum Gasteiger partial charge on any atom is -0.378 e. The van der Waals surface area contributed by atoms with Gasteiger partial charge in [-0.2, -0.15) is 0 Å². The summed E-state index contributed by atoms with van der Waals surface area (Å²) in [5.41, 5.74) is 6.47. The van der Waals surface area contributed by atoms with Crippen molar-refractivity contribution < 1.29 is 33.2 Å². The predicted octanol–water partition coefficient (Wildman–Crippen LogP) is 1.05. The van der Waals surface area contributed by atoms with E-state index in [4.69, 9.17) is 38.7 Å². The van der Waals surface area contributed by atoms with Gasteiger partial charge >= 0.3 is 0 Å². The monoisotopic (exact) mass is 458 g/mol. The van der Waals surface area contributed by atoms with Crippen molar-refractivity contribution in [3.8, 4) is 0 Å². The zero-order valence-corrected chi connectivity index (χ0v) is 17.5. The van der Waals surface area contributed by atoms with Crippen LogP contribution in [-0.2, 0) is 33.2 Å². The molecule has 0 radical (unpaired) electrons. The number of nitrogens with one attached hydrogen (secondary N) is 1. The predicted molar refractivity (Wildman–Crippen MR) is 102 cm³/mol. The molecule has 0 atom stereocenters. The lowest BCUT2D eigenvalue weighted by atomic mass is 10.6. The van der Waals surface area contributed by atoms with Crippen molar-refractivity contribution in [3.63, 3.8) is 0 Å². The van der Waals surface area contributed by atoms with Crippen molar-refractivity contribution in [3.05, 3.63) is 0 Å². The molecule has 0 saturated carbocycles. The van der Waals surface area contributed by atoms with Gasteiger partial charge in [-0.05, 0) is 0 Å². The molecule has 27 heavy (non-hydrogen) atoms. The van der Waals surface area contributed by atoms with Gasteiger partial charge in [-0.1, -0.05) is 15.9 Å². The minimum atomic E-state index is 0.401. The second kappa shape index (κ2) is 25.5. The number of hydrogen-bond acceptors (Lipinski definition) is 9. The molecule has 0 aliphatic rings. The second-order valence-electron chi connectivity index (χ2n) is 4.94. The van der Waals surface area contributed by atoms with E-state index >= 15 is 0 Å². The maximum Gasteiger partial charge on any atom is 0.214 e. The van der Waals surface area contributed by atoms with E-state index in [-0.39, 0.29) is 0 Å². The highest BCUT2D eigenvalue weighted by Gasteiger charge is 1.95. The Morgan fingerprint density at radius 2 is 0.815 bits per heavy atom. The molecule has 0 saturated heterocycles. The Hall–Kier alpha value is -0.490. The van der Waals surface area contributed by atoms with E-state index < -0.39 is 0 Å². The number of halogens is 1. The van der Waals surface area contributed by atoms with Crippen LogP contribution in [0.1, 0.15) is 0 Å². The fourth-order valence-electron chi connectivity index (χ4n) is 1.63. The second-order valence-corrected chi connectivity index (χ2v) is 5.73. The lowest BCUT2D eigenvalue weighted by Crippen LogP contribution is -2.14. The summed E-state index contributed by atoms with van der Waals surface area (Å²) in [6, 6.07) is 0. The summed E-state index contributed by atoms with van der Waals surface area (Å²) in [5.74, 6) is 0. The minimum absolute atomic E-state index is 0.401. The van der Waals surface area contributed by atoms with Crippen LogP contribution in [-0.4, -0.2) is 104 Å². The molecule has 0 aromatic carbocycles. The average Bonchev–Trinajstić information content (AvgIpc) is 2.68. The van der Waals surface area contributed by atoms with Crippen LogP contribution in [0.4, 0.5) is 0 Å². The molecule has 0 aromatic heterocycles. The van der Waals surface area contributed by atoms with Gasteiger partial charge in [0, 0.05) is 5.33 Å². The molecule has 0 amide bonds. The van der Waals surface area contributed by atoms with Crippen LogP contribution < -0.4 is 4.91 Å². The van der Waals surface area contributed by atoms with Crippen LogP contribution in [0, 0.1) is 5.53 Å². The fourth-order valence-corrected chi connectivity index (χ4v) is 1.86. The molecule has 0 spiro atoms. The molecule has 0 fully saturated rings. The molecule has 0 aliphatic carbocycles. The van der Waals surface area contributed by atoms with Gasteiger partial charge in [0.25, 0.3) is 0 Å². The molecule has 0 heterocycles. The van der Waals surface area contributed by atoms with Gasteiger partial charge in [-0.15, -0.1) is 0 Å². The first kappa shape index (κ1) is 26.5. The first-order chi connectivity index (χ1) is 13.4. The average molecular weight is 459 g/mol. The van der Waals surface area contributed by atoms with Crippen molar-refractivity contribution >= 4 is 15.9 Å². The third-order valence-electron chi connectivity index (χ3n) is 2.86. The highest BCUT2D eigenvalue weighted by molar-refractivity contribution is 9.09. The number of rotatable bonds is 23. The highest BCUT2D eigenvalue weighted by Crippen LogP contribution is 1.86. The van der Waals surface area contributed by atoms with Gasteiger partial charge in [0.15, 0.2) is 0 Å². The van der Waals surface area contributed by atoms with E-state index in [1.807, 2.05) is 0 Å². The zero-order valence-electron chi connectivity index (χ0n) is 15.9. The Bertz CT molecular complexity index is 337. The Labute approximate surface area is 169 Å². The summed E-state index contributed by atoms with van der Waals surface area (Å²) >= 11 is 3.29. The molecule has 1 N–H and O–H groups in total. The fraction of sp³-hybridized carbons (Fsp3) is 1.00. The topological polar surface area (TPSA) is 115 Å². The normalized spacial score (nSPS) is 10.9. The van der Waals surface area contributed by atoms with Crippen molar-refractivity contribution in [1.29, 1.82) is 5.53 Å². The van der Waals surface area contributed by atoms with Crippen molar-refractivity contribution in [2.75, 3.05) is 104 Å². The molecular weight excluding hydrogens is 426 g/mol. The van der Waals surface area contributed by atoms with E-state index in [0.717, 1.165) is 5.33 Å². The van der Waals surface area contributed by atoms with E-state index in [9.17, 15) is 0 Å². The lowest BCUT2D eigenvalue weighted by molar-refractivity contribution is -0.0198. The summed E-state index contributed by atoms with van der Waals surface area (Å²) in [6.45, 7) is 7.99. The largest absolute Gasteiger partial charge is 0.378 e. The van der Waals surface area contributed by atoms with Crippen LogP contribution in [0.2, 0.25) is 0 Å². The van der Waals surface area contributed by atoms with Crippen LogP contribution in [0.5, 0.6) is 0 Å². The van der Waals surface area contributed by atoms with Crippen LogP contribution in [0.15, 0.2) is 5.11 Å². The summed E-state index contributed by atoms with van der Waals surface area (Å²) in [5, 5.41) is 4.31. The Morgan fingerprint density at radius 1 is 0.519 bits per heavy atom. The maximum absolute atomic E-state index is 6.47. The molecule has 0 rings (SSSR count). The number of ether oxygens (including phenoxy) is 7. The SMILES string of the molecule is N=[N+]=NCCOCCOCCOCCOCCOCCOCCOCCBr. The van der Waals surface area contributed by atoms with E-state index in [1.54, 1.807) is 0 Å². The summed E-state index contributed by atoms with van der Waals surface area (Å²) in [4.78, 5) is 2.88. The molecular formula is C16H33BrN3O7+. The molecule has 0 aromatic rings. The molecule has 11 heteroatoms. The highest BCUT2D eigenvalue weighted by atomic mass is 79.9. The van der Waals surface area contributed by atoms with Gasteiger partial charge < -0.3 is 33.2 Å². The van der Waals surface area contributed by atoms with Crippen LogP contribution >= 0.6 is 15.9 Å². The van der Waals surface area contributed by atoms with Gasteiger partial charge in [-0.25, -0.2) is 0 Å². The molecule has 0 unspecified atom stereocenters. The summed E-state index contributed by atoms with van der Waals surface area (Å²) in [6.07, 6.45) is 0. The smallest absolute Gasteiger partial charge is 0.214 e. The van der Waals surface area contributed by atoms with Crippen molar-refractivity contribution in [2.45, 2.75) is 0 Å². The van der Waals surface area contributed by atoms with Gasteiger partial charge in [-0.3, -0.25) is 0 Å². The van der Waals surface area contributed by atoms with Gasteiger partial charge in [0.1, 0.15) is 17.2 Å². The van der Waals surface area contributed by atoms with Gasteiger partial charge in [0.2, 0.25) is 4.91 Å². The van der Waals surface area contributed by atoms with E-state index in [2.05, 4.69) is 26.0 Å². The number of alkyl halides is 1. The van der Waals surface area contributed by atoms with Gasteiger partial charge in [0.05, 0.1) is 92.5 Å². The summed E-state index contributed by atoms with van der Waals surface area (Å²) in [7, 11) is 0. The molecule has 0 bridgehead atoms. The first-order valence-corrected chi connectivity index (χ1v) is 10.2. The van der Waals surface area contributed by atoms with Crippen molar-refractivity contribution in [2.24, 2.45) is 5.11 Å². The molecule has 10 nitrogen and oxygen atoms in total. The standard InChI is InChI=1S/C16H33BrN3O7/c17-1-3-21-5-7-23-9-11-25-13-15-27-16-14-26-12-10-24-8-6-22-4-2-19-20-18/h18H,1-16H2/q+1. The van der Waals surface area contributed by atoms with Crippen LogP contribution in [0.25, 0.3) is 0 Å². The molecule has 0 aliphatic heterocycles. The van der Waals surface area contributed by atoms with Crippen LogP contribution in [0.3, 0.4) is 0 Å². The van der Waals surface area contributed by atoms with E-state index in [1.165, 1.54) is 0 Å². The quantitative estimate of drug-likeness (QED) is 0.105. The molecule has 160 valence electrons. The first-order valence-electron chi connectivity index (χ1n) is 9.05. The number of hydrogen-bond donors (Lipinski definition) is 1. The third-order valence-corrected chi connectivity index (χ3v) is 3.18. The Morgan fingerprint density at radius 3 is 1.11 bits per heavy atom. The Balaban J connectivity index is 2.98. The zero-order chi connectivity index (χ0) is 19.7. The summed E-state index contributed by atoms with van der Waals surface area (Å²) < 4.78 is 37.3. The maximum atomic E-state index is 6.47. The Kier molecular flexibility index (Phi) is 25.0. The number of nitrogens with zero attached hydrogens (tertiary/aromatic N) is 2. The lowest BCUT2D eigenvalue weighted by Gasteiger charge is -2.08. The third kappa shape index (κ3) is 25.5. The van der Waals surface area contributed by atoms with Crippen molar-refractivity contribution in [1.82, 2.24) is 4.91 Å². The van der Waals surface area contributed by atoms with E-state index in [0.29, 0.717) is 99.0 Å².